The van der Waals surface area contributed by atoms with Gasteiger partial charge >= 0.3 is 13.2 Å². The molecule has 0 unspecified atom stereocenters. The van der Waals surface area contributed by atoms with E-state index in [1.807, 2.05) is 0 Å². The number of halogens is 6. The van der Waals surface area contributed by atoms with Crippen LogP contribution >= 0.6 is 23.2 Å². The molecule has 2 N–H and O–H groups in total. The second-order valence-corrected chi connectivity index (χ2v) is 11.2. The third kappa shape index (κ3) is 9.33. The third-order valence-electron chi connectivity index (χ3n) is 7.72. The van der Waals surface area contributed by atoms with Crippen molar-refractivity contribution in [1.29, 1.82) is 0 Å². The van der Waals surface area contributed by atoms with Gasteiger partial charge in [0.2, 0.25) is 0 Å². The zero-order chi connectivity index (χ0) is 30.2. The molecule has 230 valence electrons. The Hall–Kier alpha value is -1.82. The van der Waals surface area contributed by atoms with Crippen molar-refractivity contribution in [2.45, 2.75) is 70.4 Å². The lowest BCUT2D eigenvalue weighted by atomic mass is 9.84. The Morgan fingerprint density at radius 3 is 1.46 bits per heavy atom. The van der Waals surface area contributed by atoms with Gasteiger partial charge in [-0.15, -0.1) is 0 Å². The fraction of sp³-hybridized carbons (Fsp3) is 0.586. The quantitative estimate of drug-likeness (QED) is 0.297. The van der Waals surface area contributed by atoms with Crippen molar-refractivity contribution in [3.05, 3.63) is 57.6 Å². The van der Waals surface area contributed by atoms with Crippen molar-refractivity contribution in [3.63, 3.8) is 0 Å². The maximum absolute atomic E-state index is 12.4. The van der Waals surface area contributed by atoms with Crippen LogP contribution in [0.3, 0.4) is 0 Å². The lowest BCUT2D eigenvalue weighted by Crippen LogP contribution is -2.42. The summed E-state index contributed by atoms with van der Waals surface area (Å²) in [7, 11) is 0. The second kappa shape index (κ2) is 15.1. The van der Waals surface area contributed by atoms with Gasteiger partial charge in [-0.2, -0.15) is 17.6 Å². The van der Waals surface area contributed by atoms with E-state index >= 15 is 0 Å². The summed E-state index contributed by atoms with van der Waals surface area (Å²) in [4.78, 5) is 4.53. The van der Waals surface area contributed by atoms with Crippen LogP contribution in [0.25, 0.3) is 0 Å². The standard InChI is InChI=1S/C15H20ClF2NO2.C14H18ClF2NO2/c1-2-7-19-8-5-15(20,6-9-19)11-3-4-12(16)13(10-11)21-14(17)18;1-2-18-7-5-14(19,6-8-18)10-3-4-11(15)12(9-10)20-13(16)17/h3-4,10,14,20H,2,5-9H2,1H3;3-4,9,13,19H,2,5-8H2,1H3. The van der Waals surface area contributed by atoms with Crippen LogP contribution in [-0.2, 0) is 11.2 Å². The molecule has 2 aromatic rings. The summed E-state index contributed by atoms with van der Waals surface area (Å²) in [6.45, 7) is 3.41. The number of rotatable bonds is 9. The largest absolute Gasteiger partial charge is 0.433 e. The number of hydrogen-bond donors (Lipinski definition) is 2. The minimum Gasteiger partial charge on any atom is -0.433 e. The minimum absolute atomic E-state index is 0.0893. The summed E-state index contributed by atoms with van der Waals surface area (Å²) in [5, 5.41) is 21.7. The average Bonchev–Trinajstić information content (AvgIpc) is 2.93. The van der Waals surface area contributed by atoms with Crippen LogP contribution in [0.2, 0.25) is 10.0 Å². The second-order valence-electron chi connectivity index (χ2n) is 10.4. The molecular formula is C29H38Cl2F4N2O4. The molecule has 0 saturated carbocycles. The van der Waals surface area contributed by atoms with Crippen LogP contribution < -0.4 is 9.47 Å². The highest BCUT2D eigenvalue weighted by atomic mass is 35.5. The SMILES string of the molecule is CCCN1CCC(O)(c2ccc(Cl)c(OC(F)F)c2)CC1.CCN1CCC(O)(c2ccc(Cl)c(OC(F)F)c2)CC1. The molecule has 0 aromatic heterocycles. The number of aliphatic hydroxyl groups is 2. The van der Waals surface area contributed by atoms with Gasteiger partial charge in [0.25, 0.3) is 0 Å². The van der Waals surface area contributed by atoms with E-state index in [9.17, 15) is 27.8 Å². The topological polar surface area (TPSA) is 65.4 Å². The average molecular weight is 626 g/mol. The molecule has 2 aliphatic rings. The Kier molecular flexibility index (Phi) is 12.4. The highest BCUT2D eigenvalue weighted by molar-refractivity contribution is 6.32. The Balaban J connectivity index is 0.000000226. The number of nitrogens with zero attached hydrogens (tertiary/aromatic N) is 2. The van der Waals surface area contributed by atoms with Crippen molar-refractivity contribution in [3.8, 4) is 11.5 Å². The molecule has 12 heteroatoms. The molecule has 4 rings (SSSR count). The van der Waals surface area contributed by atoms with Crippen molar-refractivity contribution in [1.82, 2.24) is 9.80 Å². The molecule has 2 aromatic carbocycles. The van der Waals surface area contributed by atoms with E-state index in [4.69, 9.17) is 23.2 Å². The van der Waals surface area contributed by atoms with Gasteiger partial charge in [-0.25, -0.2) is 0 Å². The lowest BCUT2D eigenvalue weighted by molar-refractivity contribution is -0.0515. The van der Waals surface area contributed by atoms with Crippen LogP contribution in [0.5, 0.6) is 11.5 Å². The number of hydrogen-bond acceptors (Lipinski definition) is 6. The Morgan fingerprint density at radius 2 is 1.12 bits per heavy atom. The molecule has 2 aliphatic heterocycles. The molecule has 2 heterocycles. The van der Waals surface area contributed by atoms with E-state index in [2.05, 4.69) is 33.1 Å². The zero-order valence-electron chi connectivity index (χ0n) is 23.3. The van der Waals surface area contributed by atoms with Crippen LogP contribution in [0.4, 0.5) is 17.6 Å². The van der Waals surface area contributed by atoms with Gasteiger partial charge in [0.05, 0.1) is 21.2 Å². The first kappa shape index (κ1) is 33.7. The molecule has 2 fully saturated rings. The Bertz CT molecular complexity index is 1110. The fourth-order valence-electron chi connectivity index (χ4n) is 5.24. The first-order chi connectivity index (χ1) is 19.4. The van der Waals surface area contributed by atoms with Gasteiger partial charge in [0.1, 0.15) is 11.5 Å². The molecule has 0 radical (unpaired) electrons. The monoisotopic (exact) mass is 624 g/mol. The predicted octanol–water partition coefficient (Wildman–Crippen LogP) is 6.88. The van der Waals surface area contributed by atoms with E-state index in [0.717, 1.165) is 45.7 Å². The maximum Gasteiger partial charge on any atom is 0.387 e. The predicted molar refractivity (Wildman–Crippen MR) is 151 cm³/mol. The molecule has 0 amide bonds. The van der Waals surface area contributed by atoms with Gasteiger partial charge < -0.3 is 29.5 Å². The summed E-state index contributed by atoms with van der Waals surface area (Å²) in [6.07, 6.45) is 3.35. The number of ether oxygens (including phenoxy) is 2. The minimum atomic E-state index is -2.93. The van der Waals surface area contributed by atoms with E-state index in [0.29, 0.717) is 36.8 Å². The van der Waals surface area contributed by atoms with Crippen molar-refractivity contribution in [2.24, 2.45) is 0 Å². The number of likely N-dealkylation sites (tertiary alicyclic amines) is 2. The van der Waals surface area contributed by atoms with Crippen LogP contribution in [0, 0.1) is 0 Å². The van der Waals surface area contributed by atoms with Gasteiger partial charge in [0, 0.05) is 26.2 Å². The summed E-state index contributed by atoms with van der Waals surface area (Å²) in [5.74, 6) is -0.181. The summed E-state index contributed by atoms with van der Waals surface area (Å²) in [5.41, 5.74) is -0.849. The van der Waals surface area contributed by atoms with E-state index in [-0.39, 0.29) is 21.5 Å². The van der Waals surface area contributed by atoms with Crippen LogP contribution in [0.1, 0.15) is 57.1 Å². The first-order valence-electron chi connectivity index (χ1n) is 13.8. The van der Waals surface area contributed by atoms with Gasteiger partial charge in [0.15, 0.2) is 0 Å². The number of benzene rings is 2. The highest BCUT2D eigenvalue weighted by Crippen LogP contribution is 2.38. The summed E-state index contributed by atoms with van der Waals surface area (Å²) in [6, 6.07) is 9.16. The first-order valence-corrected chi connectivity index (χ1v) is 14.5. The Morgan fingerprint density at radius 1 is 0.732 bits per heavy atom. The molecule has 6 nitrogen and oxygen atoms in total. The maximum atomic E-state index is 12.4. The van der Waals surface area contributed by atoms with E-state index < -0.39 is 24.4 Å². The zero-order valence-corrected chi connectivity index (χ0v) is 24.8. The molecular weight excluding hydrogens is 587 g/mol. The molecule has 41 heavy (non-hydrogen) atoms. The van der Waals surface area contributed by atoms with Gasteiger partial charge in [-0.1, -0.05) is 49.2 Å². The van der Waals surface area contributed by atoms with E-state index in [1.165, 1.54) is 24.3 Å². The highest BCUT2D eigenvalue weighted by Gasteiger charge is 2.35. The van der Waals surface area contributed by atoms with Crippen LogP contribution in [0.15, 0.2) is 36.4 Å². The molecule has 2 saturated heterocycles. The third-order valence-corrected chi connectivity index (χ3v) is 8.35. The number of piperidine rings is 2. The van der Waals surface area contributed by atoms with Gasteiger partial charge in [-0.3, -0.25) is 0 Å². The van der Waals surface area contributed by atoms with Gasteiger partial charge in [-0.05, 0) is 80.6 Å². The van der Waals surface area contributed by atoms with Crippen LogP contribution in [-0.4, -0.2) is 72.5 Å². The smallest absolute Gasteiger partial charge is 0.387 e. The molecule has 0 spiro atoms. The van der Waals surface area contributed by atoms with Crippen molar-refractivity contribution in [2.75, 3.05) is 39.3 Å². The molecule has 0 bridgehead atoms. The summed E-state index contributed by atoms with van der Waals surface area (Å²) >= 11 is 11.7. The number of alkyl halides is 4. The molecule has 0 aliphatic carbocycles. The van der Waals surface area contributed by atoms with Crippen molar-refractivity contribution >= 4 is 23.2 Å². The Labute approximate surface area is 248 Å². The molecule has 0 atom stereocenters. The summed E-state index contributed by atoms with van der Waals surface area (Å²) < 4.78 is 58.1. The fourth-order valence-corrected chi connectivity index (χ4v) is 5.56. The van der Waals surface area contributed by atoms with Crippen molar-refractivity contribution < 1.29 is 37.2 Å². The van der Waals surface area contributed by atoms with E-state index in [1.54, 1.807) is 12.1 Å². The lowest BCUT2D eigenvalue weighted by Gasteiger charge is -2.38. The normalized spacial score (nSPS) is 19.1.